The van der Waals surface area contributed by atoms with Gasteiger partial charge in [0.1, 0.15) is 5.76 Å². The highest BCUT2D eigenvalue weighted by Crippen LogP contribution is 2.27. The Balaban J connectivity index is 2.08. The molecule has 0 aliphatic heterocycles. The van der Waals surface area contributed by atoms with Crippen LogP contribution in [0.2, 0.25) is 0 Å². The standard InChI is InChI=1S/C16H16N2O2S/c1-2-12-8-9-14(20-12)16(19)18-13-6-3-4-7-15(13)21-11-5-10-17/h3-4,6-9H,2,5,11H2,1H3,(H,18,19). The van der Waals surface area contributed by atoms with E-state index in [9.17, 15) is 4.79 Å². The molecule has 1 N–H and O–H groups in total. The van der Waals surface area contributed by atoms with E-state index in [1.807, 2.05) is 37.3 Å². The maximum Gasteiger partial charge on any atom is 0.291 e. The lowest BCUT2D eigenvalue weighted by Crippen LogP contribution is -2.11. The van der Waals surface area contributed by atoms with Crippen LogP contribution in [0.25, 0.3) is 0 Å². The minimum Gasteiger partial charge on any atom is -0.456 e. The Bertz CT molecular complexity index is 658. The Kier molecular flexibility index (Phi) is 5.47. The van der Waals surface area contributed by atoms with E-state index < -0.39 is 0 Å². The third kappa shape index (κ3) is 4.14. The number of benzene rings is 1. The third-order valence-electron chi connectivity index (χ3n) is 2.84. The van der Waals surface area contributed by atoms with Gasteiger partial charge in [0.2, 0.25) is 0 Å². The first-order valence-electron chi connectivity index (χ1n) is 6.73. The summed E-state index contributed by atoms with van der Waals surface area (Å²) < 4.78 is 5.44. The molecule has 1 aromatic heterocycles. The van der Waals surface area contributed by atoms with E-state index in [1.54, 1.807) is 17.8 Å². The highest BCUT2D eigenvalue weighted by molar-refractivity contribution is 7.99. The Labute approximate surface area is 128 Å². The number of carbonyl (C=O) groups is 1. The van der Waals surface area contributed by atoms with Gasteiger partial charge in [0, 0.05) is 23.5 Å². The number of nitriles is 1. The largest absolute Gasteiger partial charge is 0.456 e. The number of hydrogen-bond acceptors (Lipinski definition) is 4. The molecule has 2 aromatic rings. The number of thioether (sulfide) groups is 1. The van der Waals surface area contributed by atoms with Crippen LogP contribution in [0.1, 0.15) is 29.7 Å². The lowest BCUT2D eigenvalue weighted by atomic mass is 10.3. The number of furan rings is 1. The minimum atomic E-state index is -0.261. The first-order valence-corrected chi connectivity index (χ1v) is 7.72. The van der Waals surface area contributed by atoms with Crippen molar-refractivity contribution < 1.29 is 9.21 Å². The zero-order chi connectivity index (χ0) is 15.1. The molecule has 0 aliphatic carbocycles. The molecule has 108 valence electrons. The maximum absolute atomic E-state index is 12.2. The molecule has 0 unspecified atom stereocenters. The molecule has 21 heavy (non-hydrogen) atoms. The molecular weight excluding hydrogens is 284 g/mol. The molecule has 4 nitrogen and oxygen atoms in total. The van der Waals surface area contributed by atoms with Crippen molar-refractivity contribution in [3.05, 3.63) is 47.9 Å². The van der Waals surface area contributed by atoms with Crippen LogP contribution in [-0.4, -0.2) is 11.7 Å². The summed E-state index contributed by atoms with van der Waals surface area (Å²) in [5, 5.41) is 11.4. The average molecular weight is 300 g/mol. The number of amides is 1. The van der Waals surface area contributed by atoms with Crippen molar-refractivity contribution in [3.63, 3.8) is 0 Å². The Hall–Kier alpha value is -2.19. The van der Waals surface area contributed by atoms with Gasteiger partial charge in [-0.15, -0.1) is 11.8 Å². The van der Waals surface area contributed by atoms with Crippen LogP contribution in [0.15, 0.2) is 45.7 Å². The van der Waals surface area contributed by atoms with Crippen molar-refractivity contribution in [1.82, 2.24) is 0 Å². The molecule has 0 atom stereocenters. The number of para-hydroxylation sites is 1. The third-order valence-corrected chi connectivity index (χ3v) is 3.92. The minimum absolute atomic E-state index is 0.261. The molecule has 2 rings (SSSR count). The van der Waals surface area contributed by atoms with Crippen LogP contribution >= 0.6 is 11.8 Å². The van der Waals surface area contributed by atoms with Crippen LogP contribution in [0.3, 0.4) is 0 Å². The molecule has 0 fully saturated rings. The van der Waals surface area contributed by atoms with Gasteiger partial charge in [-0.1, -0.05) is 19.1 Å². The molecule has 0 bridgehead atoms. The van der Waals surface area contributed by atoms with Crippen LogP contribution in [0.5, 0.6) is 0 Å². The van der Waals surface area contributed by atoms with Gasteiger partial charge in [0.05, 0.1) is 11.8 Å². The normalized spacial score (nSPS) is 10.1. The molecule has 0 aliphatic rings. The van der Waals surface area contributed by atoms with E-state index in [2.05, 4.69) is 11.4 Å². The molecule has 0 saturated carbocycles. The Morgan fingerprint density at radius 3 is 2.86 bits per heavy atom. The van der Waals surface area contributed by atoms with Crippen molar-refractivity contribution in [2.75, 3.05) is 11.1 Å². The Morgan fingerprint density at radius 1 is 1.33 bits per heavy atom. The smallest absolute Gasteiger partial charge is 0.291 e. The van der Waals surface area contributed by atoms with Crippen LogP contribution in [0.4, 0.5) is 5.69 Å². The van der Waals surface area contributed by atoms with Crippen molar-refractivity contribution >= 4 is 23.4 Å². The van der Waals surface area contributed by atoms with Gasteiger partial charge in [-0.25, -0.2) is 0 Å². The summed E-state index contributed by atoms with van der Waals surface area (Å²) in [5.41, 5.74) is 0.736. The summed E-state index contributed by atoms with van der Waals surface area (Å²) >= 11 is 1.55. The topological polar surface area (TPSA) is 66.0 Å². The van der Waals surface area contributed by atoms with E-state index in [1.165, 1.54) is 0 Å². The number of rotatable bonds is 6. The zero-order valence-electron chi connectivity index (χ0n) is 11.8. The van der Waals surface area contributed by atoms with Crippen LogP contribution in [-0.2, 0) is 6.42 Å². The number of nitrogens with zero attached hydrogens (tertiary/aromatic N) is 1. The van der Waals surface area contributed by atoms with E-state index in [0.717, 1.165) is 22.8 Å². The second kappa shape index (κ2) is 7.55. The van der Waals surface area contributed by atoms with Crippen LogP contribution < -0.4 is 5.32 Å². The summed E-state index contributed by atoms with van der Waals surface area (Å²) in [5.74, 6) is 1.54. The highest BCUT2D eigenvalue weighted by atomic mass is 32.2. The molecule has 0 spiro atoms. The molecule has 0 saturated heterocycles. The lowest BCUT2D eigenvalue weighted by Gasteiger charge is -2.09. The van der Waals surface area contributed by atoms with Crippen molar-refractivity contribution in [3.8, 4) is 6.07 Å². The summed E-state index contributed by atoms with van der Waals surface area (Å²) in [6.45, 7) is 1.97. The second-order valence-corrected chi connectivity index (χ2v) is 5.46. The Morgan fingerprint density at radius 2 is 2.14 bits per heavy atom. The van der Waals surface area contributed by atoms with Crippen molar-refractivity contribution in [1.29, 1.82) is 5.26 Å². The highest BCUT2D eigenvalue weighted by Gasteiger charge is 2.12. The first kappa shape index (κ1) is 15.2. The second-order valence-electron chi connectivity index (χ2n) is 4.33. The predicted molar refractivity (Wildman–Crippen MR) is 83.4 cm³/mol. The fraction of sp³-hybridized carbons (Fsp3) is 0.250. The quantitative estimate of drug-likeness (QED) is 0.644. The van der Waals surface area contributed by atoms with Gasteiger partial charge >= 0.3 is 0 Å². The molecule has 1 aromatic carbocycles. The van der Waals surface area contributed by atoms with Gasteiger partial charge < -0.3 is 9.73 Å². The molecule has 1 heterocycles. The van der Waals surface area contributed by atoms with Gasteiger partial charge in [-0.2, -0.15) is 5.26 Å². The fourth-order valence-electron chi connectivity index (χ4n) is 1.78. The number of carbonyl (C=O) groups excluding carboxylic acids is 1. The summed E-state index contributed by atoms with van der Waals surface area (Å²) in [4.78, 5) is 13.1. The monoisotopic (exact) mass is 300 g/mol. The first-order chi connectivity index (χ1) is 10.2. The maximum atomic E-state index is 12.2. The van der Waals surface area contributed by atoms with Crippen molar-refractivity contribution in [2.24, 2.45) is 0 Å². The average Bonchev–Trinajstić information content (AvgIpc) is 2.98. The van der Waals surface area contributed by atoms with Crippen molar-refractivity contribution in [2.45, 2.75) is 24.7 Å². The van der Waals surface area contributed by atoms with E-state index in [4.69, 9.17) is 9.68 Å². The van der Waals surface area contributed by atoms with Gasteiger partial charge in [-0.05, 0) is 24.3 Å². The van der Waals surface area contributed by atoms with Crippen LogP contribution in [0, 0.1) is 11.3 Å². The summed E-state index contributed by atoms with van der Waals surface area (Å²) in [7, 11) is 0. The number of anilines is 1. The lowest BCUT2D eigenvalue weighted by molar-refractivity contribution is 0.0995. The fourth-order valence-corrected chi connectivity index (χ4v) is 2.64. The van der Waals surface area contributed by atoms with Gasteiger partial charge in [0.25, 0.3) is 5.91 Å². The number of aryl methyl sites for hydroxylation is 1. The zero-order valence-corrected chi connectivity index (χ0v) is 12.6. The number of hydrogen-bond donors (Lipinski definition) is 1. The van der Waals surface area contributed by atoms with E-state index in [-0.39, 0.29) is 5.91 Å². The van der Waals surface area contributed by atoms with Gasteiger partial charge in [0.15, 0.2) is 5.76 Å². The molecular formula is C16H16N2O2S. The molecule has 5 heteroatoms. The summed E-state index contributed by atoms with van der Waals surface area (Å²) in [6, 6.07) is 13.1. The molecule has 1 amide bonds. The molecule has 0 radical (unpaired) electrons. The van der Waals surface area contributed by atoms with E-state index >= 15 is 0 Å². The predicted octanol–water partition coefficient (Wildman–Crippen LogP) is 4.10. The summed E-state index contributed by atoms with van der Waals surface area (Å²) in [6.07, 6.45) is 1.23. The number of nitrogens with one attached hydrogen (secondary N) is 1. The van der Waals surface area contributed by atoms with E-state index in [0.29, 0.717) is 17.9 Å². The SMILES string of the molecule is CCc1ccc(C(=O)Nc2ccccc2SCCC#N)o1. The van der Waals surface area contributed by atoms with Gasteiger partial charge in [-0.3, -0.25) is 4.79 Å².